The topological polar surface area (TPSA) is 58.5 Å². The summed E-state index contributed by atoms with van der Waals surface area (Å²) in [5, 5.41) is 17.7. The van der Waals surface area contributed by atoms with Gasteiger partial charge in [-0.2, -0.15) is 0 Å². The van der Waals surface area contributed by atoms with Gasteiger partial charge in [0.1, 0.15) is 5.01 Å². The lowest BCUT2D eigenvalue weighted by molar-refractivity contribution is -0.0313. The Kier molecular flexibility index (Phi) is 3.87. The Hall–Kier alpha value is -0.270. The van der Waals surface area contributed by atoms with Crippen molar-refractivity contribution in [2.24, 2.45) is 0 Å². The first-order chi connectivity index (χ1) is 7.29. The minimum absolute atomic E-state index is 0.0569. The summed E-state index contributed by atoms with van der Waals surface area (Å²) in [5.74, 6) is 0. The zero-order valence-electron chi connectivity index (χ0n) is 8.10. The van der Waals surface area contributed by atoms with Crippen LogP contribution in [0.1, 0.15) is 5.01 Å². The van der Waals surface area contributed by atoms with Crippen LogP contribution in [0.5, 0.6) is 0 Å². The van der Waals surface area contributed by atoms with Gasteiger partial charge in [0.15, 0.2) is 0 Å². The molecule has 7 heteroatoms. The van der Waals surface area contributed by atoms with Gasteiger partial charge in [0.2, 0.25) is 4.47 Å². The van der Waals surface area contributed by atoms with Crippen molar-refractivity contribution in [1.82, 2.24) is 15.1 Å². The molecule has 0 aromatic carbocycles. The molecule has 0 aliphatic carbocycles. The number of aromatic nitrogens is 2. The molecule has 5 nitrogen and oxygen atoms in total. The predicted octanol–water partition coefficient (Wildman–Crippen LogP) is 0.385. The van der Waals surface area contributed by atoms with Gasteiger partial charge in [-0.05, 0) is 11.6 Å². The molecule has 1 unspecified atom stereocenters. The van der Waals surface area contributed by atoms with Crippen LogP contribution in [0.4, 0.5) is 0 Å². The minimum Gasteiger partial charge on any atom is -0.395 e. The smallest absolute Gasteiger partial charge is 0.207 e. The quantitative estimate of drug-likeness (QED) is 0.840. The van der Waals surface area contributed by atoms with E-state index >= 15 is 0 Å². The molecule has 15 heavy (non-hydrogen) atoms. The van der Waals surface area contributed by atoms with Crippen LogP contribution in [0.25, 0.3) is 0 Å². The number of rotatable bonds is 3. The number of morpholine rings is 1. The second kappa shape index (κ2) is 5.18. The zero-order chi connectivity index (χ0) is 10.7. The van der Waals surface area contributed by atoms with E-state index in [1.165, 1.54) is 11.3 Å². The average molecular weight is 250 g/mol. The predicted molar refractivity (Wildman–Crippen MR) is 57.0 cm³/mol. The van der Waals surface area contributed by atoms with Crippen molar-refractivity contribution in [2.75, 3.05) is 26.4 Å². The largest absolute Gasteiger partial charge is 0.395 e. The first kappa shape index (κ1) is 11.2. The van der Waals surface area contributed by atoms with Gasteiger partial charge in [0.05, 0.1) is 32.4 Å². The summed E-state index contributed by atoms with van der Waals surface area (Å²) < 4.78 is 5.74. The molecule has 0 saturated carbocycles. The second-order valence-corrected chi connectivity index (χ2v) is 4.97. The number of aliphatic hydroxyl groups is 1. The van der Waals surface area contributed by atoms with E-state index in [9.17, 15) is 0 Å². The fourth-order valence-corrected chi connectivity index (χ4v) is 2.43. The number of aliphatic hydroxyl groups excluding tert-OH is 1. The monoisotopic (exact) mass is 249 g/mol. The van der Waals surface area contributed by atoms with Crippen molar-refractivity contribution in [1.29, 1.82) is 0 Å². The second-order valence-electron chi connectivity index (χ2n) is 3.33. The molecule has 1 aromatic heterocycles. The van der Waals surface area contributed by atoms with Crippen molar-refractivity contribution in [3.8, 4) is 0 Å². The van der Waals surface area contributed by atoms with E-state index in [0.29, 0.717) is 24.2 Å². The van der Waals surface area contributed by atoms with Gasteiger partial charge in [0.25, 0.3) is 0 Å². The molecule has 0 radical (unpaired) electrons. The standard InChI is InChI=1S/C8H12ClN3O2S/c9-8-11-10-7(15-8)3-12-1-2-14-5-6(12)4-13/h6,13H,1-5H2. The Morgan fingerprint density at radius 2 is 2.47 bits per heavy atom. The Morgan fingerprint density at radius 3 is 3.13 bits per heavy atom. The molecule has 0 amide bonds. The molecule has 0 spiro atoms. The summed E-state index contributed by atoms with van der Waals surface area (Å²) in [7, 11) is 0. The van der Waals surface area contributed by atoms with E-state index in [0.717, 1.165) is 11.6 Å². The van der Waals surface area contributed by atoms with Gasteiger partial charge in [-0.15, -0.1) is 10.2 Å². The summed E-state index contributed by atoms with van der Waals surface area (Å²) in [6.45, 7) is 2.86. The Labute approximate surface area is 96.6 Å². The lowest BCUT2D eigenvalue weighted by atomic mass is 10.2. The van der Waals surface area contributed by atoms with E-state index < -0.39 is 0 Å². The van der Waals surface area contributed by atoms with Crippen molar-refractivity contribution in [2.45, 2.75) is 12.6 Å². The van der Waals surface area contributed by atoms with Crippen LogP contribution in [0.15, 0.2) is 0 Å². The lowest BCUT2D eigenvalue weighted by Crippen LogP contribution is -2.46. The van der Waals surface area contributed by atoms with E-state index in [1.807, 2.05) is 0 Å². The van der Waals surface area contributed by atoms with Crippen LogP contribution in [-0.2, 0) is 11.3 Å². The molecule has 1 fully saturated rings. The molecule has 1 aliphatic heterocycles. The van der Waals surface area contributed by atoms with Gasteiger partial charge in [-0.1, -0.05) is 11.3 Å². The summed E-state index contributed by atoms with van der Waals surface area (Å²) in [4.78, 5) is 2.14. The third kappa shape index (κ3) is 2.85. The highest BCUT2D eigenvalue weighted by molar-refractivity contribution is 7.15. The highest BCUT2D eigenvalue weighted by Gasteiger charge is 2.23. The molecule has 2 heterocycles. The van der Waals surface area contributed by atoms with Gasteiger partial charge in [-0.3, -0.25) is 4.90 Å². The van der Waals surface area contributed by atoms with Crippen LogP contribution in [0.3, 0.4) is 0 Å². The maximum Gasteiger partial charge on any atom is 0.207 e. The maximum atomic E-state index is 9.16. The van der Waals surface area contributed by atoms with Crippen LogP contribution in [0.2, 0.25) is 4.47 Å². The van der Waals surface area contributed by atoms with Crippen LogP contribution < -0.4 is 0 Å². The molecule has 1 N–H and O–H groups in total. The Bertz CT molecular complexity index is 323. The van der Waals surface area contributed by atoms with Crippen LogP contribution >= 0.6 is 22.9 Å². The fraction of sp³-hybridized carbons (Fsp3) is 0.750. The summed E-state index contributed by atoms with van der Waals surface area (Å²) >= 11 is 7.07. The van der Waals surface area contributed by atoms with Crippen molar-refractivity contribution in [3.63, 3.8) is 0 Å². The van der Waals surface area contributed by atoms with E-state index in [4.69, 9.17) is 21.4 Å². The Morgan fingerprint density at radius 1 is 1.60 bits per heavy atom. The van der Waals surface area contributed by atoms with Crippen LogP contribution in [0, 0.1) is 0 Å². The number of hydrogen-bond acceptors (Lipinski definition) is 6. The van der Waals surface area contributed by atoms with Crippen molar-refractivity contribution >= 4 is 22.9 Å². The highest BCUT2D eigenvalue weighted by atomic mass is 35.5. The molecule has 1 saturated heterocycles. The SMILES string of the molecule is OCC1COCCN1Cc1nnc(Cl)s1. The third-order valence-electron chi connectivity index (χ3n) is 2.34. The van der Waals surface area contributed by atoms with Gasteiger partial charge in [0, 0.05) is 6.54 Å². The molecule has 2 rings (SSSR count). The van der Waals surface area contributed by atoms with E-state index in [2.05, 4.69) is 15.1 Å². The average Bonchev–Trinajstić information content (AvgIpc) is 2.65. The first-order valence-electron chi connectivity index (χ1n) is 4.70. The molecule has 1 atom stereocenters. The van der Waals surface area contributed by atoms with E-state index in [-0.39, 0.29) is 12.6 Å². The third-order valence-corrected chi connectivity index (χ3v) is 3.34. The number of halogens is 1. The lowest BCUT2D eigenvalue weighted by Gasteiger charge is -2.33. The first-order valence-corrected chi connectivity index (χ1v) is 5.89. The van der Waals surface area contributed by atoms with Crippen molar-refractivity contribution < 1.29 is 9.84 Å². The van der Waals surface area contributed by atoms with Gasteiger partial charge >= 0.3 is 0 Å². The zero-order valence-corrected chi connectivity index (χ0v) is 9.67. The molecular weight excluding hydrogens is 238 g/mol. The number of ether oxygens (including phenoxy) is 1. The number of hydrogen-bond donors (Lipinski definition) is 1. The maximum absolute atomic E-state index is 9.16. The molecular formula is C8H12ClN3O2S. The van der Waals surface area contributed by atoms with Crippen molar-refractivity contribution in [3.05, 3.63) is 9.47 Å². The summed E-state index contributed by atoms with van der Waals surface area (Å²) in [6.07, 6.45) is 0. The normalized spacial score (nSPS) is 23.2. The van der Waals surface area contributed by atoms with Gasteiger partial charge in [-0.25, -0.2) is 0 Å². The Balaban J connectivity index is 1.97. The molecule has 1 aliphatic rings. The molecule has 1 aromatic rings. The van der Waals surface area contributed by atoms with Gasteiger partial charge < -0.3 is 9.84 Å². The van der Waals surface area contributed by atoms with E-state index in [1.54, 1.807) is 0 Å². The highest BCUT2D eigenvalue weighted by Crippen LogP contribution is 2.18. The number of nitrogens with zero attached hydrogens (tertiary/aromatic N) is 3. The summed E-state index contributed by atoms with van der Waals surface area (Å²) in [5.41, 5.74) is 0. The van der Waals surface area contributed by atoms with Crippen LogP contribution in [-0.4, -0.2) is 52.6 Å². The molecule has 0 bridgehead atoms. The molecule has 84 valence electrons. The minimum atomic E-state index is 0.0569. The summed E-state index contributed by atoms with van der Waals surface area (Å²) in [6, 6.07) is 0.0569. The fourth-order valence-electron chi connectivity index (χ4n) is 1.54.